The van der Waals surface area contributed by atoms with Crippen LogP contribution in [-0.4, -0.2) is 22.5 Å². The highest BCUT2D eigenvalue weighted by Crippen LogP contribution is 2.39. The number of carbonyl (C=O) groups excluding carboxylic acids is 2. The maximum atomic E-state index is 12.6. The molecule has 1 saturated heterocycles. The molecule has 152 valence electrons. The number of benzene rings is 3. The number of anilines is 1. The first-order valence-electron chi connectivity index (χ1n) is 9.63. The molecule has 1 heterocycles. The van der Waals surface area contributed by atoms with Crippen LogP contribution in [0.5, 0.6) is 0 Å². The molecule has 0 spiro atoms. The molecule has 6 heteroatoms. The average molecular weight is 437 g/mol. The first kappa shape index (κ1) is 20.5. The van der Waals surface area contributed by atoms with Crippen LogP contribution in [0.15, 0.2) is 72.8 Å². The SMILES string of the molecule is Cc1cccc(NC(=O)c2ccc([C@@H]3SCC(=O)N3Cc3ccc(Cl)cc3)cc2)c1. The van der Waals surface area contributed by atoms with Gasteiger partial charge in [-0.3, -0.25) is 9.59 Å². The van der Waals surface area contributed by atoms with Crippen molar-refractivity contribution in [3.05, 3.63) is 100 Å². The van der Waals surface area contributed by atoms with Crippen molar-refractivity contribution in [1.29, 1.82) is 0 Å². The van der Waals surface area contributed by atoms with E-state index in [1.54, 1.807) is 11.8 Å². The zero-order chi connectivity index (χ0) is 21.1. The Hall–Kier alpha value is -2.76. The van der Waals surface area contributed by atoms with E-state index in [9.17, 15) is 9.59 Å². The summed E-state index contributed by atoms with van der Waals surface area (Å²) in [5.74, 6) is 0.412. The molecular weight excluding hydrogens is 416 g/mol. The molecule has 3 aromatic rings. The molecule has 30 heavy (non-hydrogen) atoms. The summed E-state index contributed by atoms with van der Waals surface area (Å²) in [5.41, 5.74) is 4.49. The Morgan fingerprint density at radius 1 is 1.10 bits per heavy atom. The summed E-state index contributed by atoms with van der Waals surface area (Å²) in [6.07, 6.45) is 0. The van der Waals surface area contributed by atoms with Crippen LogP contribution in [0.25, 0.3) is 0 Å². The van der Waals surface area contributed by atoms with Crippen molar-refractivity contribution in [2.75, 3.05) is 11.1 Å². The normalized spacial score (nSPS) is 16.0. The molecule has 0 aromatic heterocycles. The zero-order valence-electron chi connectivity index (χ0n) is 16.5. The summed E-state index contributed by atoms with van der Waals surface area (Å²) in [4.78, 5) is 26.9. The number of halogens is 1. The summed E-state index contributed by atoms with van der Waals surface area (Å²) < 4.78 is 0. The summed E-state index contributed by atoms with van der Waals surface area (Å²) in [5, 5.41) is 3.53. The van der Waals surface area contributed by atoms with Gasteiger partial charge >= 0.3 is 0 Å². The number of thioether (sulfide) groups is 1. The van der Waals surface area contributed by atoms with E-state index in [0.29, 0.717) is 22.9 Å². The van der Waals surface area contributed by atoms with Crippen molar-refractivity contribution < 1.29 is 9.59 Å². The molecule has 1 N–H and O–H groups in total. The minimum absolute atomic E-state index is 0.0675. The Balaban J connectivity index is 1.47. The largest absolute Gasteiger partial charge is 0.322 e. The van der Waals surface area contributed by atoms with Crippen LogP contribution >= 0.6 is 23.4 Å². The Morgan fingerprint density at radius 2 is 1.83 bits per heavy atom. The van der Waals surface area contributed by atoms with Crippen LogP contribution in [0.3, 0.4) is 0 Å². The molecule has 1 atom stereocenters. The molecule has 1 aliphatic rings. The van der Waals surface area contributed by atoms with E-state index < -0.39 is 0 Å². The second kappa shape index (κ2) is 8.94. The molecule has 0 unspecified atom stereocenters. The minimum Gasteiger partial charge on any atom is -0.322 e. The van der Waals surface area contributed by atoms with E-state index in [1.165, 1.54) is 0 Å². The fourth-order valence-electron chi connectivity index (χ4n) is 3.41. The molecule has 1 fully saturated rings. The topological polar surface area (TPSA) is 49.4 Å². The number of amides is 2. The molecule has 1 aliphatic heterocycles. The average Bonchev–Trinajstić information content (AvgIpc) is 3.10. The fraction of sp³-hybridized carbons (Fsp3) is 0.167. The van der Waals surface area contributed by atoms with Crippen molar-refractivity contribution >= 4 is 40.9 Å². The van der Waals surface area contributed by atoms with Crippen LogP contribution in [0.4, 0.5) is 5.69 Å². The molecule has 0 aliphatic carbocycles. The first-order valence-corrected chi connectivity index (χ1v) is 11.1. The van der Waals surface area contributed by atoms with Gasteiger partial charge < -0.3 is 10.2 Å². The number of hydrogen-bond acceptors (Lipinski definition) is 3. The molecule has 0 saturated carbocycles. The van der Waals surface area contributed by atoms with Crippen LogP contribution in [-0.2, 0) is 11.3 Å². The Labute approximate surface area is 185 Å². The lowest BCUT2D eigenvalue weighted by atomic mass is 10.1. The van der Waals surface area contributed by atoms with Gasteiger partial charge in [0.2, 0.25) is 5.91 Å². The van der Waals surface area contributed by atoms with Crippen molar-refractivity contribution in [3.63, 3.8) is 0 Å². The van der Waals surface area contributed by atoms with Gasteiger partial charge in [-0.1, -0.05) is 48.0 Å². The molecule has 3 aromatic carbocycles. The predicted molar refractivity (Wildman–Crippen MR) is 123 cm³/mol. The summed E-state index contributed by atoms with van der Waals surface area (Å²) in [6.45, 7) is 2.52. The Bertz CT molecular complexity index is 1070. The Morgan fingerprint density at radius 3 is 2.53 bits per heavy atom. The van der Waals surface area contributed by atoms with Gasteiger partial charge in [0.1, 0.15) is 5.37 Å². The lowest BCUT2D eigenvalue weighted by Crippen LogP contribution is -2.27. The van der Waals surface area contributed by atoms with Gasteiger partial charge in [-0.05, 0) is 60.0 Å². The molecule has 2 amide bonds. The van der Waals surface area contributed by atoms with Crippen LogP contribution < -0.4 is 5.32 Å². The third-order valence-electron chi connectivity index (χ3n) is 4.97. The molecule has 0 bridgehead atoms. The quantitative estimate of drug-likeness (QED) is 0.560. The van der Waals surface area contributed by atoms with Crippen LogP contribution in [0.2, 0.25) is 5.02 Å². The van der Waals surface area contributed by atoms with Crippen molar-refractivity contribution in [3.8, 4) is 0 Å². The summed E-state index contributed by atoms with van der Waals surface area (Å²) in [6, 6.07) is 22.7. The number of nitrogens with one attached hydrogen (secondary N) is 1. The third-order valence-corrected chi connectivity index (χ3v) is 6.48. The van der Waals surface area contributed by atoms with Gasteiger partial charge in [-0.15, -0.1) is 11.8 Å². The van der Waals surface area contributed by atoms with Crippen molar-refractivity contribution in [1.82, 2.24) is 4.90 Å². The van der Waals surface area contributed by atoms with E-state index in [4.69, 9.17) is 11.6 Å². The van der Waals surface area contributed by atoms with Gasteiger partial charge in [-0.25, -0.2) is 0 Å². The second-order valence-corrected chi connectivity index (χ2v) is 8.76. The van der Waals surface area contributed by atoms with Crippen LogP contribution in [0.1, 0.15) is 32.4 Å². The van der Waals surface area contributed by atoms with Gasteiger partial charge in [-0.2, -0.15) is 0 Å². The minimum atomic E-state index is -0.152. The maximum Gasteiger partial charge on any atom is 0.255 e. The van der Waals surface area contributed by atoms with E-state index in [-0.39, 0.29) is 17.2 Å². The third kappa shape index (κ3) is 4.69. The standard InChI is InChI=1S/C24H21ClN2O2S/c1-16-3-2-4-21(13-16)26-23(29)18-7-9-19(10-8-18)24-27(22(28)15-30-24)14-17-5-11-20(25)12-6-17/h2-13,24H,14-15H2,1H3,(H,26,29)/t24-/m0/s1. The Kier molecular flexibility index (Phi) is 6.11. The van der Waals surface area contributed by atoms with Gasteiger partial charge in [0.15, 0.2) is 0 Å². The number of nitrogens with zero attached hydrogens (tertiary/aromatic N) is 1. The van der Waals surface area contributed by atoms with E-state index in [1.807, 2.05) is 84.6 Å². The van der Waals surface area contributed by atoms with Gasteiger partial charge in [0.05, 0.1) is 5.75 Å². The predicted octanol–water partition coefficient (Wildman–Crippen LogP) is 5.67. The molecule has 4 rings (SSSR count). The van der Waals surface area contributed by atoms with E-state index >= 15 is 0 Å². The second-order valence-electron chi connectivity index (χ2n) is 7.26. The maximum absolute atomic E-state index is 12.6. The van der Waals surface area contributed by atoms with Crippen molar-refractivity contribution in [2.45, 2.75) is 18.8 Å². The highest BCUT2D eigenvalue weighted by atomic mass is 35.5. The highest BCUT2D eigenvalue weighted by Gasteiger charge is 2.32. The van der Waals surface area contributed by atoms with E-state index in [2.05, 4.69) is 5.32 Å². The zero-order valence-corrected chi connectivity index (χ0v) is 18.0. The first-order chi connectivity index (χ1) is 14.5. The molecule has 0 radical (unpaired) electrons. The summed E-state index contributed by atoms with van der Waals surface area (Å²) >= 11 is 7.57. The van der Waals surface area contributed by atoms with Gasteiger partial charge in [0.25, 0.3) is 5.91 Å². The summed E-state index contributed by atoms with van der Waals surface area (Å²) in [7, 11) is 0. The molecule has 4 nitrogen and oxygen atoms in total. The number of aryl methyl sites for hydroxylation is 1. The number of rotatable bonds is 5. The molecular formula is C24H21ClN2O2S. The fourth-order valence-corrected chi connectivity index (χ4v) is 4.73. The van der Waals surface area contributed by atoms with Gasteiger partial charge in [0, 0.05) is 22.8 Å². The van der Waals surface area contributed by atoms with Crippen molar-refractivity contribution in [2.24, 2.45) is 0 Å². The highest BCUT2D eigenvalue weighted by molar-refractivity contribution is 8.00. The lowest BCUT2D eigenvalue weighted by molar-refractivity contribution is -0.128. The smallest absolute Gasteiger partial charge is 0.255 e. The van der Waals surface area contributed by atoms with E-state index in [0.717, 1.165) is 22.4 Å². The number of hydrogen-bond donors (Lipinski definition) is 1. The number of carbonyl (C=O) groups is 2. The van der Waals surface area contributed by atoms with Crippen LogP contribution in [0, 0.1) is 6.92 Å². The lowest BCUT2D eigenvalue weighted by Gasteiger charge is -2.24. The monoisotopic (exact) mass is 436 g/mol.